The molecule has 2 fully saturated rings. The zero-order valence-electron chi connectivity index (χ0n) is 19.5. The van der Waals surface area contributed by atoms with E-state index in [0.29, 0.717) is 11.3 Å². The Labute approximate surface area is 205 Å². The number of amides is 4. The number of halogens is 3. The lowest BCUT2D eigenvalue weighted by Gasteiger charge is -2.31. The quantitative estimate of drug-likeness (QED) is 0.575. The summed E-state index contributed by atoms with van der Waals surface area (Å²) >= 11 is 0. The van der Waals surface area contributed by atoms with Gasteiger partial charge in [-0.3, -0.25) is 19.5 Å². The van der Waals surface area contributed by atoms with Gasteiger partial charge in [0, 0.05) is 32.4 Å². The second-order valence-electron chi connectivity index (χ2n) is 8.57. The van der Waals surface area contributed by atoms with Crippen LogP contribution in [0.25, 0.3) is 0 Å². The summed E-state index contributed by atoms with van der Waals surface area (Å²) in [6.45, 7) is 3.36. The van der Waals surface area contributed by atoms with Gasteiger partial charge < -0.3 is 19.9 Å². The molecule has 0 aliphatic carbocycles. The summed E-state index contributed by atoms with van der Waals surface area (Å²) < 4.78 is 41.0. The molecule has 1 aromatic heterocycles. The zero-order valence-corrected chi connectivity index (χ0v) is 19.5. The Balaban J connectivity index is 1.40. The van der Waals surface area contributed by atoms with Crippen LogP contribution in [0.15, 0.2) is 42.7 Å². The van der Waals surface area contributed by atoms with Crippen molar-refractivity contribution in [3.05, 3.63) is 48.3 Å². The lowest BCUT2D eigenvalue weighted by Crippen LogP contribution is -2.47. The molecule has 0 bridgehead atoms. The van der Waals surface area contributed by atoms with E-state index >= 15 is 0 Å². The van der Waals surface area contributed by atoms with Crippen molar-refractivity contribution in [3.8, 4) is 5.75 Å². The van der Waals surface area contributed by atoms with Crippen LogP contribution < -0.4 is 15.0 Å². The Morgan fingerprint density at radius 2 is 1.78 bits per heavy atom. The third kappa shape index (κ3) is 6.29. The third-order valence-corrected chi connectivity index (χ3v) is 5.88. The third-order valence-electron chi connectivity index (χ3n) is 5.88. The molecule has 3 heterocycles. The molecule has 0 saturated carbocycles. The molecule has 36 heavy (non-hydrogen) atoms. The van der Waals surface area contributed by atoms with Gasteiger partial charge in [-0.25, -0.2) is 9.69 Å². The van der Waals surface area contributed by atoms with Crippen molar-refractivity contribution in [2.24, 2.45) is 0 Å². The summed E-state index contributed by atoms with van der Waals surface area (Å²) in [5.74, 6) is -1.20. The van der Waals surface area contributed by atoms with Crippen molar-refractivity contribution < 1.29 is 32.3 Å². The van der Waals surface area contributed by atoms with Crippen LogP contribution in [0.4, 0.5) is 29.3 Å². The van der Waals surface area contributed by atoms with E-state index in [1.54, 1.807) is 6.07 Å². The summed E-state index contributed by atoms with van der Waals surface area (Å²) in [7, 11) is 2.03. The first-order valence-corrected chi connectivity index (χ1v) is 11.2. The number of imide groups is 1. The van der Waals surface area contributed by atoms with Crippen LogP contribution in [0.1, 0.15) is 5.56 Å². The van der Waals surface area contributed by atoms with E-state index in [4.69, 9.17) is 0 Å². The number of ether oxygens (including phenoxy) is 1. The molecule has 1 N–H and O–H groups in total. The second kappa shape index (κ2) is 10.5. The predicted molar refractivity (Wildman–Crippen MR) is 123 cm³/mol. The fraction of sp³-hybridized carbons (Fsp3) is 0.391. The average molecular weight is 506 g/mol. The van der Waals surface area contributed by atoms with E-state index < -0.39 is 24.1 Å². The minimum Gasteiger partial charge on any atom is -0.406 e. The molecule has 2 aliphatic heterocycles. The number of aromatic nitrogens is 1. The molecule has 192 valence electrons. The molecular weight excluding hydrogens is 481 g/mol. The van der Waals surface area contributed by atoms with Crippen LogP contribution in [0, 0.1) is 0 Å². The number of piperazine rings is 1. The van der Waals surface area contributed by atoms with Gasteiger partial charge in [-0.15, -0.1) is 13.2 Å². The van der Waals surface area contributed by atoms with Gasteiger partial charge in [0.15, 0.2) is 0 Å². The standard InChI is InChI=1S/C23H25F3N6O4/c1-29-8-10-30(11-9-29)14-20(33)28-19-12-27-7-6-16(19)13-31-15-21(34)32(22(31)35)17-2-4-18(5-3-17)36-23(24,25)26/h2-7,12H,8-11,13-15H2,1H3,(H,28,33). The molecule has 0 radical (unpaired) electrons. The van der Waals surface area contributed by atoms with Crippen molar-refractivity contribution in [1.82, 2.24) is 19.7 Å². The maximum Gasteiger partial charge on any atom is 0.573 e. The molecule has 2 aromatic rings. The highest BCUT2D eigenvalue weighted by Gasteiger charge is 2.38. The fourth-order valence-corrected chi connectivity index (χ4v) is 4.00. The molecular formula is C23H25F3N6O4. The van der Waals surface area contributed by atoms with E-state index in [1.807, 2.05) is 7.05 Å². The SMILES string of the molecule is CN1CCN(CC(=O)Nc2cnccc2CN2CC(=O)N(c3ccc(OC(F)(F)F)cc3)C2=O)CC1. The molecule has 0 unspecified atom stereocenters. The largest absolute Gasteiger partial charge is 0.573 e. The van der Waals surface area contributed by atoms with E-state index in [-0.39, 0.29) is 31.2 Å². The Kier molecular flexibility index (Phi) is 7.40. The fourth-order valence-electron chi connectivity index (χ4n) is 4.00. The van der Waals surface area contributed by atoms with Gasteiger partial charge in [-0.05, 0) is 42.9 Å². The molecule has 2 saturated heterocycles. The molecule has 2 aliphatic rings. The van der Waals surface area contributed by atoms with Gasteiger partial charge in [0.25, 0.3) is 5.91 Å². The maximum atomic E-state index is 13.0. The highest BCUT2D eigenvalue weighted by molar-refractivity contribution is 6.19. The number of hydrogen-bond acceptors (Lipinski definition) is 7. The number of nitrogens with one attached hydrogen (secondary N) is 1. The normalized spacial score (nSPS) is 17.6. The number of pyridine rings is 1. The summed E-state index contributed by atoms with van der Waals surface area (Å²) in [5, 5.41) is 2.84. The summed E-state index contributed by atoms with van der Waals surface area (Å²) in [5.41, 5.74) is 1.15. The van der Waals surface area contributed by atoms with Gasteiger partial charge in [0.2, 0.25) is 5.91 Å². The smallest absolute Gasteiger partial charge is 0.406 e. The van der Waals surface area contributed by atoms with Crippen LogP contribution in [-0.4, -0.2) is 90.2 Å². The summed E-state index contributed by atoms with van der Waals surface area (Å²) in [6, 6.07) is 5.49. The second-order valence-corrected chi connectivity index (χ2v) is 8.57. The number of carbonyl (C=O) groups excluding carboxylic acids is 3. The number of carbonyl (C=O) groups is 3. The molecule has 0 atom stereocenters. The van der Waals surface area contributed by atoms with E-state index in [1.165, 1.54) is 29.4 Å². The number of anilines is 2. The molecule has 0 spiro atoms. The van der Waals surface area contributed by atoms with E-state index in [2.05, 4.69) is 24.8 Å². The maximum absolute atomic E-state index is 13.0. The van der Waals surface area contributed by atoms with Gasteiger partial charge in [-0.2, -0.15) is 0 Å². The summed E-state index contributed by atoms with van der Waals surface area (Å²) in [4.78, 5) is 48.6. The topological polar surface area (TPSA) is 98.3 Å². The first kappa shape index (κ1) is 25.4. The first-order chi connectivity index (χ1) is 17.1. The van der Waals surface area contributed by atoms with E-state index in [9.17, 15) is 27.6 Å². The highest BCUT2D eigenvalue weighted by Crippen LogP contribution is 2.28. The van der Waals surface area contributed by atoms with Crippen LogP contribution in [0.2, 0.25) is 0 Å². The van der Waals surface area contributed by atoms with Crippen LogP contribution in [0.3, 0.4) is 0 Å². The predicted octanol–water partition coefficient (Wildman–Crippen LogP) is 2.13. The van der Waals surface area contributed by atoms with Crippen molar-refractivity contribution in [1.29, 1.82) is 0 Å². The average Bonchev–Trinajstić information content (AvgIpc) is 3.09. The molecule has 13 heteroatoms. The monoisotopic (exact) mass is 506 g/mol. The minimum absolute atomic E-state index is 0.0307. The van der Waals surface area contributed by atoms with Crippen molar-refractivity contribution in [3.63, 3.8) is 0 Å². The van der Waals surface area contributed by atoms with Crippen molar-refractivity contribution in [2.75, 3.05) is 56.5 Å². The number of alkyl halides is 3. The first-order valence-electron chi connectivity index (χ1n) is 11.2. The number of rotatable bonds is 7. The molecule has 1 aromatic carbocycles. The lowest BCUT2D eigenvalue weighted by molar-refractivity contribution is -0.274. The molecule has 10 nitrogen and oxygen atoms in total. The minimum atomic E-state index is -4.85. The number of benzene rings is 1. The van der Waals surface area contributed by atoms with Crippen LogP contribution in [0.5, 0.6) is 5.75 Å². The van der Waals surface area contributed by atoms with Gasteiger partial charge >= 0.3 is 12.4 Å². The number of nitrogens with zero attached hydrogens (tertiary/aromatic N) is 5. The van der Waals surface area contributed by atoms with Gasteiger partial charge in [0.05, 0.1) is 30.7 Å². The van der Waals surface area contributed by atoms with Crippen molar-refractivity contribution >= 4 is 29.2 Å². The van der Waals surface area contributed by atoms with Crippen molar-refractivity contribution in [2.45, 2.75) is 12.9 Å². The summed E-state index contributed by atoms with van der Waals surface area (Å²) in [6.07, 6.45) is -1.85. The lowest BCUT2D eigenvalue weighted by atomic mass is 10.2. The Morgan fingerprint density at radius 3 is 2.44 bits per heavy atom. The van der Waals surface area contributed by atoms with Gasteiger partial charge in [0.1, 0.15) is 12.3 Å². The van der Waals surface area contributed by atoms with Crippen LogP contribution in [-0.2, 0) is 16.1 Å². The zero-order chi connectivity index (χ0) is 25.9. The van der Waals surface area contributed by atoms with Gasteiger partial charge in [-0.1, -0.05) is 0 Å². The Bertz CT molecular complexity index is 1120. The Morgan fingerprint density at radius 1 is 1.08 bits per heavy atom. The Hall–Kier alpha value is -3.71. The number of likely N-dealkylation sites (N-methyl/N-ethyl adjacent to an activating group) is 1. The number of urea groups is 1. The number of hydrogen-bond donors (Lipinski definition) is 1. The molecule has 4 rings (SSSR count). The molecule has 4 amide bonds. The van der Waals surface area contributed by atoms with Crippen LogP contribution >= 0.6 is 0 Å². The van der Waals surface area contributed by atoms with E-state index in [0.717, 1.165) is 43.2 Å². The highest BCUT2D eigenvalue weighted by atomic mass is 19.4.